The Bertz CT molecular complexity index is 432. The molecule has 0 spiro atoms. The first kappa shape index (κ1) is 11.6. The van der Waals surface area contributed by atoms with Crippen LogP contribution in [-0.2, 0) is 6.54 Å². The maximum absolute atomic E-state index is 5.81. The van der Waals surface area contributed by atoms with E-state index in [9.17, 15) is 0 Å². The number of hydrazone groups is 1. The fourth-order valence-electron chi connectivity index (χ4n) is 1.68. The summed E-state index contributed by atoms with van der Waals surface area (Å²) in [4.78, 5) is 0. The summed E-state index contributed by atoms with van der Waals surface area (Å²) in [5.41, 5.74) is 2.28. The van der Waals surface area contributed by atoms with Crippen LogP contribution in [0.2, 0.25) is 0 Å². The van der Waals surface area contributed by atoms with Gasteiger partial charge < -0.3 is 0 Å². The Morgan fingerprint density at radius 1 is 1.24 bits per heavy atom. The van der Waals surface area contributed by atoms with Gasteiger partial charge in [-0.2, -0.15) is 5.10 Å². The minimum absolute atomic E-state index is 0.619. The number of benzene rings is 1. The molecule has 0 heterocycles. The Balaban J connectivity index is 1.89. The first-order valence-corrected chi connectivity index (χ1v) is 5.81. The fraction of sp³-hybridized carbons (Fsp3) is 0.214. The molecule has 3 nitrogen and oxygen atoms in total. The topological polar surface area (TPSA) is 41.6 Å². The Hall–Kier alpha value is -1.87. The molecule has 0 aliphatic heterocycles. The highest BCUT2D eigenvalue weighted by Gasteiger charge is 1.97. The molecule has 0 bridgehead atoms. The van der Waals surface area contributed by atoms with Crippen LogP contribution in [0.4, 0.5) is 0 Å². The van der Waals surface area contributed by atoms with E-state index in [0.29, 0.717) is 6.54 Å². The van der Waals surface area contributed by atoms with Crippen molar-refractivity contribution in [3.8, 4) is 0 Å². The number of nitrogens with zero attached hydrogens (tertiary/aromatic N) is 2. The summed E-state index contributed by atoms with van der Waals surface area (Å²) in [6.07, 6.45) is 10.4. The van der Waals surface area contributed by atoms with Crippen molar-refractivity contribution in [2.75, 3.05) is 0 Å². The maximum atomic E-state index is 5.81. The lowest BCUT2D eigenvalue weighted by Crippen LogP contribution is -2.24. The first-order valence-electron chi connectivity index (χ1n) is 5.81. The molecule has 0 saturated heterocycles. The lowest BCUT2D eigenvalue weighted by atomic mass is 10.1. The van der Waals surface area contributed by atoms with Crippen molar-refractivity contribution in [2.45, 2.75) is 19.4 Å². The molecule has 0 unspecified atom stereocenters. The zero-order chi connectivity index (χ0) is 11.9. The number of nitrogens with two attached hydrogens (primary N) is 1. The lowest BCUT2D eigenvalue weighted by molar-refractivity contribution is 0.292. The minimum atomic E-state index is 0.619. The molecule has 0 aromatic heterocycles. The average molecular weight is 227 g/mol. The summed E-state index contributed by atoms with van der Waals surface area (Å²) < 4.78 is 0. The van der Waals surface area contributed by atoms with Gasteiger partial charge >= 0.3 is 0 Å². The van der Waals surface area contributed by atoms with Crippen molar-refractivity contribution in [2.24, 2.45) is 10.9 Å². The second-order valence-corrected chi connectivity index (χ2v) is 4.01. The minimum Gasteiger partial charge on any atom is -0.231 e. The highest BCUT2D eigenvalue weighted by molar-refractivity contribution is 5.82. The molecule has 2 N–H and O–H groups in total. The smallest absolute Gasteiger partial charge is 0.0780 e. The molecule has 0 atom stereocenters. The van der Waals surface area contributed by atoms with Gasteiger partial charge in [0.05, 0.1) is 12.8 Å². The number of hydrazine groups is 1. The van der Waals surface area contributed by atoms with E-state index in [-0.39, 0.29) is 0 Å². The number of rotatable bonds is 4. The molecule has 88 valence electrons. The van der Waals surface area contributed by atoms with Crippen LogP contribution in [0.5, 0.6) is 0 Å². The van der Waals surface area contributed by atoms with Crippen LogP contribution >= 0.6 is 0 Å². The van der Waals surface area contributed by atoms with Crippen LogP contribution in [0.1, 0.15) is 18.4 Å². The van der Waals surface area contributed by atoms with Crippen molar-refractivity contribution in [1.29, 1.82) is 0 Å². The van der Waals surface area contributed by atoms with Gasteiger partial charge in [-0.3, -0.25) is 0 Å². The van der Waals surface area contributed by atoms with Gasteiger partial charge in [-0.1, -0.05) is 48.6 Å². The molecule has 0 amide bonds. The van der Waals surface area contributed by atoms with Crippen LogP contribution in [0.15, 0.2) is 59.2 Å². The van der Waals surface area contributed by atoms with Crippen molar-refractivity contribution in [1.82, 2.24) is 5.12 Å². The van der Waals surface area contributed by atoms with E-state index in [1.807, 2.05) is 30.3 Å². The predicted octanol–water partition coefficient (Wildman–Crippen LogP) is 2.62. The van der Waals surface area contributed by atoms with Gasteiger partial charge in [0.1, 0.15) is 0 Å². The highest BCUT2D eigenvalue weighted by Crippen LogP contribution is 2.07. The molecule has 0 saturated carbocycles. The molecule has 0 fully saturated rings. The number of allylic oxidation sites excluding steroid dienone is 4. The summed E-state index contributed by atoms with van der Waals surface area (Å²) >= 11 is 0. The highest BCUT2D eigenvalue weighted by atomic mass is 15.6. The summed E-state index contributed by atoms with van der Waals surface area (Å²) in [6.45, 7) is 0.619. The third kappa shape index (κ3) is 3.89. The van der Waals surface area contributed by atoms with Crippen LogP contribution in [0.25, 0.3) is 0 Å². The van der Waals surface area contributed by atoms with Crippen molar-refractivity contribution in [3.05, 3.63) is 59.7 Å². The molecular weight excluding hydrogens is 210 g/mol. The first-order chi connectivity index (χ1) is 8.34. The molecule has 1 aromatic carbocycles. The predicted molar refractivity (Wildman–Crippen MR) is 71.1 cm³/mol. The van der Waals surface area contributed by atoms with E-state index in [1.165, 1.54) is 5.12 Å². The van der Waals surface area contributed by atoms with Crippen LogP contribution in [0, 0.1) is 0 Å². The van der Waals surface area contributed by atoms with Gasteiger partial charge in [0.15, 0.2) is 0 Å². The van der Waals surface area contributed by atoms with Gasteiger partial charge in [-0.15, -0.1) is 0 Å². The second-order valence-electron chi connectivity index (χ2n) is 4.01. The van der Waals surface area contributed by atoms with Crippen LogP contribution in [0.3, 0.4) is 0 Å². The third-order valence-corrected chi connectivity index (χ3v) is 2.57. The average Bonchev–Trinajstić information content (AvgIpc) is 2.39. The maximum Gasteiger partial charge on any atom is 0.0780 e. The van der Waals surface area contributed by atoms with Crippen LogP contribution in [-0.4, -0.2) is 11.3 Å². The van der Waals surface area contributed by atoms with Crippen molar-refractivity contribution < 1.29 is 0 Å². The molecule has 2 rings (SSSR count). The summed E-state index contributed by atoms with van der Waals surface area (Å²) in [7, 11) is 0. The van der Waals surface area contributed by atoms with Gasteiger partial charge in [0, 0.05) is 0 Å². The normalized spacial score (nSPS) is 15.0. The second kappa shape index (κ2) is 6.01. The standard InChI is InChI=1S/C14H17N3/c15-17(12-14-9-5-2-6-10-14)16-11-13-7-3-1-4-8-13/h2-3,5-11H,1,4,12,15H2. The zero-order valence-electron chi connectivity index (χ0n) is 9.79. The molecular formula is C14H17N3. The molecule has 3 heteroatoms. The fourth-order valence-corrected chi connectivity index (χ4v) is 1.68. The van der Waals surface area contributed by atoms with E-state index in [2.05, 4.69) is 23.3 Å². The van der Waals surface area contributed by atoms with E-state index < -0.39 is 0 Å². The van der Waals surface area contributed by atoms with E-state index >= 15 is 0 Å². The Morgan fingerprint density at radius 3 is 2.76 bits per heavy atom. The summed E-state index contributed by atoms with van der Waals surface area (Å²) in [5.74, 6) is 5.81. The largest absolute Gasteiger partial charge is 0.231 e. The van der Waals surface area contributed by atoms with Gasteiger partial charge in [-0.25, -0.2) is 11.0 Å². The molecule has 1 aliphatic carbocycles. The lowest BCUT2D eigenvalue weighted by Gasteiger charge is -2.12. The Kier molecular flexibility index (Phi) is 4.11. The quantitative estimate of drug-likeness (QED) is 0.488. The number of hydrogen-bond acceptors (Lipinski definition) is 3. The van der Waals surface area contributed by atoms with Crippen molar-refractivity contribution in [3.63, 3.8) is 0 Å². The van der Waals surface area contributed by atoms with Gasteiger partial charge in [0.25, 0.3) is 0 Å². The van der Waals surface area contributed by atoms with E-state index in [1.54, 1.807) is 6.21 Å². The third-order valence-electron chi connectivity index (χ3n) is 2.57. The number of hydrogen-bond donors (Lipinski definition) is 1. The molecule has 0 radical (unpaired) electrons. The van der Waals surface area contributed by atoms with Gasteiger partial charge in [-0.05, 0) is 24.0 Å². The Labute approximate surface area is 102 Å². The zero-order valence-corrected chi connectivity index (χ0v) is 9.79. The summed E-state index contributed by atoms with van der Waals surface area (Å²) in [6, 6.07) is 10.1. The van der Waals surface area contributed by atoms with Crippen molar-refractivity contribution >= 4 is 6.21 Å². The Morgan fingerprint density at radius 2 is 2.06 bits per heavy atom. The molecule has 1 aliphatic rings. The monoisotopic (exact) mass is 227 g/mol. The molecule has 1 aromatic rings. The summed E-state index contributed by atoms with van der Waals surface area (Å²) in [5, 5.41) is 5.67. The van der Waals surface area contributed by atoms with Crippen LogP contribution < -0.4 is 5.84 Å². The van der Waals surface area contributed by atoms with E-state index in [4.69, 9.17) is 5.84 Å². The van der Waals surface area contributed by atoms with Gasteiger partial charge in [0.2, 0.25) is 0 Å². The molecule has 17 heavy (non-hydrogen) atoms. The SMILES string of the molecule is NN(Cc1ccccc1)N=CC1=CCCC=C1. The van der Waals surface area contributed by atoms with E-state index in [0.717, 1.165) is 24.0 Å².